The molecule has 0 unspecified atom stereocenters. The molecule has 0 saturated heterocycles. The van der Waals surface area contributed by atoms with Gasteiger partial charge in [-0.3, -0.25) is 0 Å². The summed E-state index contributed by atoms with van der Waals surface area (Å²) in [6.07, 6.45) is 1.02. The van der Waals surface area contributed by atoms with E-state index in [9.17, 15) is 8.42 Å². The van der Waals surface area contributed by atoms with Crippen LogP contribution in [-0.4, -0.2) is 35.2 Å². The van der Waals surface area contributed by atoms with Gasteiger partial charge in [0.25, 0.3) is 5.16 Å². The van der Waals surface area contributed by atoms with Crippen molar-refractivity contribution >= 4 is 21.7 Å². The number of anilines is 2. The summed E-state index contributed by atoms with van der Waals surface area (Å²) in [4.78, 5) is 11.2. The molecule has 0 radical (unpaired) electrons. The fourth-order valence-corrected chi connectivity index (χ4v) is 1.44. The fourth-order valence-electron chi connectivity index (χ4n) is 0.929. The zero-order valence-electron chi connectivity index (χ0n) is 9.64. The Bertz CT molecular complexity index is 492. The maximum atomic E-state index is 11.3. The number of nitrogens with one attached hydrogen (secondary N) is 1. The van der Waals surface area contributed by atoms with E-state index in [-0.39, 0.29) is 22.6 Å². The molecule has 0 saturated carbocycles. The standard InChI is InChI=1S/C8H15N5O2S/c1-8(2,3)13-6-10-5(9)11-7(12-6)16(4,14)15/h1-4H3,(H3,9,10,11,12,13). The summed E-state index contributed by atoms with van der Waals surface area (Å²) in [7, 11) is -3.49. The van der Waals surface area contributed by atoms with Crippen LogP contribution in [0.3, 0.4) is 0 Å². The maximum Gasteiger partial charge on any atom is 0.253 e. The number of aromatic nitrogens is 3. The highest BCUT2D eigenvalue weighted by Crippen LogP contribution is 2.12. The van der Waals surface area contributed by atoms with E-state index in [0.717, 1.165) is 6.26 Å². The third-order valence-corrected chi connectivity index (χ3v) is 2.30. The Morgan fingerprint density at radius 1 is 1.19 bits per heavy atom. The van der Waals surface area contributed by atoms with Crippen molar-refractivity contribution in [3.63, 3.8) is 0 Å². The second-order valence-electron chi connectivity index (χ2n) is 4.45. The fraction of sp³-hybridized carbons (Fsp3) is 0.625. The molecule has 1 rings (SSSR count). The van der Waals surface area contributed by atoms with Crippen LogP contribution >= 0.6 is 0 Å². The highest BCUT2D eigenvalue weighted by molar-refractivity contribution is 7.90. The minimum atomic E-state index is -3.49. The van der Waals surface area contributed by atoms with Crippen LogP contribution in [0.4, 0.5) is 11.9 Å². The quantitative estimate of drug-likeness (QED) is 0.758. The van der Waals surface area contributed by atoms with Crippen molar-refractivity contribution in [1.29, 1.82) is 0 Å². The second-order valence-corrected chi connectivity index (χ2v) is 6.36. The molecule has 90 valence electrons. The number of hydrogen-bond donors (Lipinski definition) is 2. The molecule has 1 heterocycles. The molecule has 0 spiro atoms. The molecule has 0 bridgehead atoms. The van der Waals surface area contributed by atoms with Crippen molar-refractivity contribution in [3.05, 3.63) is 0 Å². The third kappa shape index (κ3) is 3.61. The Kier molecular flexibility index (Phi) is 3.04. The first kappa shape index (κ1) is 12.6. The zero-order chi connectivity index (χ0) is 12.6. The van der Waals surface area contributed by atoms with Gasteiger partial charge in [0.1, 0.15) is 0 Å². The Balaban J connectivity index is 3.19. The van der Waals surface area contributed by atoms with Crippen LogP contribution in [0.5, 0.6) is 0 Å². The van der Waals surface area contributed by atoms with Gasteiger partial charge in [0.2, 0.25) is 21.7 Å². The minimum absolute atomic E-state index is 0.123. The summed E-state index contributed by atoms with van der Waals surface area (Å²) >= 11 is 0. The monoisotopic (exact) mass is 245 g/mol. The van der Waals surface area contributed by atoms with Gasteiger partial charge in [-0.1, -0.05) is 0 Å². The average molecular weight is 245 g/mol. The van der Waals surface area contributed by atoms with Crippen LogP contribution in [0.25, 0.3) is 0 Å². The lowest BCUT2D eigenvalue weighted by Crippen LogP contribution is -2.28. The van der Waals surface area contributed by atoms with E-state index in [1.807, 2.05) is 20.8 Å². The molecule has 7 nitrogen and oxygen atoms in total. The van der Waals surface area contributed by atoms with Crippen molar-refractivity contribution in [3.8, 4) is 0 Å². The summed E-state index contributed by atoms with van der Waals surface area (Å²) in [6, 6.07) is 0. The summed E-state index contributed by atoms with van der Waals surface area (Å²) in [5, 5.41) is 2.60. The molecule has 0 amide bonds. The molecule has 1 aromatic rings. The first-order chi connectivity index (χ1) is 7.08. The molecule has 3 N–H and O–H groups in total. The molecule has 16 heavy (non-hydrogen) atoms. The van der Waals surface area contributed by atoms with Gasteiger partial charge in [-0.15, -0.1) is 0 Å². The van der Waals surface area contributed by atoms with Gasteiger partial charge in [-0.25, -0.2) is 8.42 Å². The predicted molar refractivity (Wildman–Crippen MR) is 60.7 cm³/mol. The number of rotatable bonds is 2. The van der Waals surface area contributed by atoms with E-state index in [2.05, 4.69) is 20.3 Å². The van der Waals surface area contributed by atoms with Crippen LogP contribution in [0.1, 0.15) is 20.8 Å². The third-order valence-electron chi connectivity index (χ3n) is 1.45. The van der Waals surface area contributed by atoms with Gasteiger partial charge in [0, 0.05) is 11.8 Å². The number of sulfone groups is 1. The Labute approximate surface area is 94.4 Å². The molecule has 0 aliphatic rings. The van der Waals surface area contributed by atoms with Gasteiger partial charge in [-0.2, -0.15) is 15.0 Å². The van der Waals surface area contributed by atoms with Crippen molar-refractivity contribution < 1.29 is 8.42 Å². The molecule has 8 heteroatoms. The first-order valence-corrected chi connectivity index (χ1v) is 6.47. The van der Waals surface area contributed by atoms with Crippen LogP contribution in [-0.2, 0) is 9.84 Å². The van der Waals surface area contributed by atoms with Crippen molar-refractivity contribution in [1.82, 2.24) is 15.0 Å². The molecular weight excluding hydrogens is 230 g/mol. The van der Waals surface area contributed by atoms with Crippen LogP contribution in [0.2, 0.25) is 0 Å². The normalized spacial score (nSPS) is 12.5. The first-order valence-electron chi connectivity index (χ1n) is 4.58. The molecule has 1 aromatic heterocycles. The Morgan fingerprint density at radius 2 is 1.75 bits per heavy atom. The largest absolute Gasteiger partial charge is 0.368 e. The van der Waals surface area contributed by atoms with Gasteiger partial charge in [-0.05, 0) is 20.8 Å². The van der Waals surface area contributed by atoms with Gasteiger partial charge in [0.05, 0.1) is 0 Å². The maximum absolute atomic E-state index is 11.3. The number of nitrogen functional groups attached to an aromatic ring is 1. The number of nitrogens with zero attached hydrogens (tertiary/aromatic N) is 3. The molecule has 0 aliphatic heterocycles. The van der Waals surface area contributed by atoms with Crippen LogP contribution in [0.15, 0.2) is 5.16 Å². The summed E-state index contributed by atoms with van der Waals surface area (Å²) in [6.45, 7) is 5.69. The van der Waals surface area contributed by atoms with Gasteiger partial charge in [0.15, 0.2) is 0 Å². The molecular formula is C8H15N5O2S. The minimum Gasteiger partial charge on any atom is -0.368 e. The molecule has 0 aromatic carbocycles. The van der Waals surface area contributed by atoms with Crippen LogP contribution < -0.4 is 11.1 Å². The smallest absolute Gasteiger partial charge is 0.253 e. The van der Waals surface area contributed by atoms with E-state index in [1.54, 1.807) is 0 Å². The summed E-state index contributed by atoms with van der Waals surface area (Å²) in [5.74, 6) is 0.0302. The SMILES string of the molecule is CC(C)(C)Nc1nc(N)nc(S(C)(=O)=O)n1. The molecule has 0 atom stereocenters. The Morgan fingerprint density at radius 3 is 2.19 bits per heavy atom. The molecule has 0 fully saturated rings. The topological polar surface area (TPSA) is 111 Å². The number of nitrogens with two attached hydrogens (primary N) is 1. The van der Waals surface area contributed by atoms with Crippen molar-refractivity contribution in [2.75, 3.05) is 17.3 Å². The average Bonchev–Trinajstić information content (AvgIpc) is 1.97. The van der Waals surface area contributed by atoms with E-state index in [4.69, 9.17) is 5.73 Å². The number of hydrogen-bond acceptors (Lipinski definition) is 7. The van der Waals surface area contributed by atoms with E-state index >= 15 is 0 Å². The summed E-state index contributed by atoms with van der Waals surface area (Å²) < 4.78 is 22.5. The van der Waals surface area contributed by atoms with Gasteiger partial charge >= 0.3 is 0 Å². The van der Waals surface area contributed by atoms with Crippen LogP contribution in [0, 0.1) is 0 Å². The van der Waals surface area contributed by atoms with Crippen molar-refractivity contribution in [2.45, 2.75) is 31.5 Å². The predicted octanol–water partition coefficient (Wildman–Crippen LogP) is 0.0677. The van der Waals surface area contributed by atoms with E-state index in [1.165, 1.54) is 0 Å². The Hall–Kier alpha value is -1.44. The van der Waals surface area contributed by atoms with E-state index in [0.29, 0.717) is 0 Å². The highest BCUT2D eigenvalue weighted by Gasteiger charge is 2.17. The van der Waals surface area contributed by atoms with Crippen molar-refractivity contribution in [2.24, 2.45) is 0 Å². The lowest BCUT2D eigenvalue weighted by Gasteiger charge is -2.20. The lowest BCUT2D eigenvalue weighted by molar-refractivity contribution is 0.589. The van der Waals surface area contributed by atoms with E-state index < -0.39 is 9.84 Å². The second kappa shape index (κ2) is 3.85. The molecule has 0 aliphatic carbocycles. The lowest BCUT2D eigenvalue weighted by atomic mass is 10.1. The van der Waals surface area contributed by atoms with Gasteiger partial charge < -0.3 is 11.1 Å². The summed E-state index contributed by atoms with van der Waals surface area (Å²) in [5.41, 5.74) is 5.12. The zero-order valence-corrected chi connectivity index (χ0v) is 10.5. The highest BCUT2D eigenvalue weighted by atomic mass is 32.2.